The van der Waals surface area contributed by atoms with Gasteiger partial charge >= 0.3 is 0 Å². The van der Waals surface area contributed by atoms with Crippen LogP contribution in [0.5, 0.6) is 0 Å². The third-order valence-corrected chi connectivity index (χ3v) is 5.43. The number of rotatable bonds is 5. The molecular formula is C19H24N4O4. The zero-order valence-corrected chi connectivity index (χ0v) is 15.7. The van der Waals surface area contributed by atoms with Crippen molar-refractivity contribution in [2.75, 3.05) is 45.9 Å². The summed E-state index contributed by atoms with van der Waals surface area (Å²) in [5, 5.41) is 2.89. The first-order chi connectivity index (χ1) is 13.0. The Morgan fingerprint density at radius 2 is 2.00 bits per heavy atom. The number of carbonyl (C=O) groups is 3. The van der Waals surface area contributed by atoms with Crippen LogP contribution >= 0.6 is 0 Å². The molecule has 0 saturated carbocycles. The number of fused-ring (bicyclic) bond motifs is 1. The minimum atomic E-state index is -0.276. The number of amides is 1. The Kier molecular flexibility index (Phi) is 4.61. The first-order valence-corrected chi connectivity index (χ1v) is 9.32. The lowest BCUT2D eigenvalue weighted by Gasteiger charge is -2.26. The average Bonchev–Trinajstić information content (AvgIpc) is 3.27. The molecule has 0 spiro atoms. The molecule has 2 saturated heterocycles. The molecule has 1 N–H and O–H groups in total. The van der Waals surface area contributed by atoms with Crippen molar-refractivity contribution in [1.29, 1.82) is 0 Å². The third-order valence-electron chi connectivity index (χ3n) is 5.43. The van der Waals surface area contributed by atoms with Crippen LogP contribution in [-0.2, 0) is 11.8 Å². The number of allylic oxidation sites excluding steroid dienone is 2. The Hall–Kier alpha value is -2.45. The van der Waals surface area contributed by atoms with Crippen LogP contribution in [0.3, 0.4) is 0 Å². The number of ether oxygens (including phenoxy) is 1. The van der Waals surface area contributed by atoms with Crippen LogP contribution in [0.15, 0.2) is 17.8 Å². The molecule has 4 rings (SSSR count). The summed E-state index contributed by atoms with van der Waals surface area (Å²) in [4.78, 5) is 42.0. The van der Waals surface area contributed by atoms with E-state index in [0.29, 0.717) is 36.7 Å². The van der Waals surface area contributed by atoms with Gasteiger partial charge in [0.2, 0.25) is 11.6 Å². The monoisotopic (exact) mass is 372 g/mol. The van der Waals surface area contributed by atoms with Crippen LogP contribution in [0, 0.1) is 0 Å². The fourth-order valence-electron chi connectivity index (χ4n) is 3.72. The summed E-state index contributed by atoms with van der Waals surface area (Å²) in [7, 11) is 1.65. The van der Waals surface area contributed by atoms with Crippen molar-refractivity contribution in [3.05, 3.63) is 34.8 Å². The summed E-state index contributed by atoms with van der Waals surface area (Å²) in [6, 6.07) is 1.82. The fourth-order valence-corrected chi connectivity index (χ4v) is 3.72. The number of morpholine rings is 1. The molecule has 1 aromatic rings. The smallest absolute Gasteiger partial charge is 0.267 e. The maximum atomic E-state index is 12.8. The van der Waals surface area contributed by atoms with E-state index >= 15 is 0 Å². The maximum Gasteiger partial charge on any atom is 0.267 e. The van der Waals surface area contributed by atoms with E-state index in [1.54, 1.807) is 13.1 Å². The van der Waals surface area contributed by atoms with Gasteiger partial charge in [0.05, 0.1) is 24.5 Å². The predicted octanol–water partition coefficient (Wildman–Crippen LogP) is 0.0541. The molecule has 1 unspecified atom stereocenters. The van der Waals surface area contributed by atoms with Crippen LogP contribution in [0.2, 0.25) is 0 Å². The van der Waals surface area contributed by atoms with Crippen LogP contribution in [0.25, 0.3) is 0 Å². The summed E-state index contributed by atoms with van der Waals surface area (Å²) in [6.07, 6.45) is 1.40. The van der Waals surface area contributed by atoms with Crippen LogP contribution in [0.1, 0.15) is 38.3 Å². The normalized spacial score (nSPS) is 22.5. The Labute approximate surface area is 157 Å². The highest BCUT2D eigenvalue weighted by Crippen LogP contribution is 2.32. The second kappa shape index (κ2) is 6.94. The first kappa shape index (κ1) is 17.9. The Morgan fingerprint density at radius 1 is 1.30 bits per heavy atom. The molecule has 1 atom stereocenters. The summed E-state index contributed by atoms with van der Waals surface area (Å²) < 4.78 is 6.84. The summed E-state index contributed by atoms with van der Waals surface area (Å²) >= 11 is 0. The second-order valence-electron chi connectivity index (χ2n) is 7.29. The molecule has 1 aromatic heterocycles. The third kappa shape index (κ3) is 3.30. The highest BCUT2D eigenvalue weighted by Gasteiger charge is 2.40. The van der Waals surface area contributed by atoms with Crippen LogP contribution in [-0.4, -0.2) is 83.8 Å². The van der Waals surface area contributed by atoms with Crippen molar-refractivity contribution in [3.8, 4) is 0 Å². The minimum Gasteiger partial charge on any atom is -0.379 e. The SMILES string of the molecule is CC1CN1C1=CC(=O)c2c(cc(C(=O)NCCN3CCOCC3)n2C)C1=O. The van der Waals surface area contributed by atoms with Gasteiger partial charge in [-0.05, 0) is 13.0 Å². The molecule has 8 heteroatoms. The lowest BCUT2D eigenvalue weighted by Crippen LogP contribution is -2.41. The van der Waals surface area contributed by atoms with E-state index in [9.17, 15) is 14.4 Å². The number of aromatic nitrogens is 1. The minimum absolute atomic E-state index is 0.183. The van der Waals surface area contributed by atoms with E-state index in [2.05, 4.69) is 10.2 Å². The van der Waals surface area contributed by atoms with Gasteiger partial charge < -0.3 is 19.5 Å². The van der Waals surface area contributed by atoms with Gasteiger partial charge in [-0.2, -0.15) is 0 Å². The number of ketones is 2. The van der Waals surface area contributed by atoms with Gasteiger partial charge in [0, 0.05) is 51.9 Å². The first-order valence-electron chi connectivity index (χ1n) is 9.32. The van der Waals surface area contributed by atoms with Crippen molar-refractivity contribution in [2.45, 2.75) is 13.0 Å². The van der Waals surface area contributed by atoms with Gasteiger partial charge in [-0.15, -0.1) is 0 Å². The van der Waals surface area contributed by atoms with E-state index in [1.807, 2.05) is 11.8 Å². The molecule has 3 aliphatic rings. The van der Waals surface area contributed by atoms with Gasteiger partial charge in [-0.25, -0.2) is 0 Å². The fraction of sp³-hybridized carbons (Fsp3) is 0.526. The lowest BCUT2D eigenvalue weighted by molar-refractivity contribution is 0.0383. The molecule has 27 heavy (non-hydrogen) atoms. The zero-order valence-electron chi connectivity index (χ0n) is 15.7. The topological polar surface area (TPSA) is 83.7 Å². The van der Waals surface area contributed by atoms with E-state index in [0.717, 1.165) is 26.2 Å². The molecule has 0 radical (unpaired) electrons. The Balaban J connectivity index is 1.46. The van der Waals surface area contributed by atoms with Crippen molar-refractivity contribution in [3.63, 3.8) is 0 Å². The highest BCUT2D eigenvalue weighted by atomic mass is 16.5. The van der Waals surface area contributed by atoms with Crippen LogP contribution in [0.4, 0.5) is 0 Å². The summed E-state index contributed by atoms with van der Waals surface area (Å²) in [5.41, 5.74) is 1.37. The number of nitrogens with zero attached hydrogens (tertiary/aromatic N) is 3. The number of hydrogen-bond donors (Lipinski definition) is 1. The highest BCUT2D eigenvalue weighted by molar-refractivity contribution is 6.24. The lowest BCUT2D eigenvalue weighted by atomic mass is 9.99. The van der Waals surface area contributed by atoms with Crippen molar-refractivity contribution in [2.24, 2.45) is 7.05 Å². The Bertz CT molecular complexity index is 835. The van der Waals surface area contributed by atoms with E-state index in [4.69, 9.17) is 4.74 Å². The molecule has 144 valence electrons. The van der Waals surface area contributed by atoms with Gasteiger partial charge in [0.15, 0.2) is 0 Å². The number of nitrogens with one attached hydrogen (secondary N) is 1. The average molecular weight is 372 g/mol. The quantitative estimate of drug-likeness (QED) is 0.736. The number of carbonyl (C=O) groups excluding carboxylic acids is 3. The molecule has 1 aliphatic carbocycles. The molecular weight excluding hydrogens is 348 g/mol. The number of hydrogen-bond acceptors (Lipinski definition) is 6. The largest absolute Gasteiger partial charge is 0.379 e. The van der Waals surface area contributed by atoms with Crippen molar-refractivity contribution < 1.29 is 19.1 Å². The summed E-state index contributed by atoms with van der Waals surface area (Å²) in [5.74, 6) is -0.687. The molecule has 3 heterocycles. The van der Waals surface area contributed by atoms with Gasteiger partial charge in [0.25, 0.3) is 5.91 Å². The molecule has 0 bridgehead atoms. The molecule has 0 aromatic carbocycles. The van der Waals surface area contributed by atoms with Crippen molar-refractivity contribution >= 4 is 17.5 Å². The molecule has 2 fully saturated rings. The predicted molar refractivity (Wildman–Crippen MR) is 97.9 cm³/mol. The van der Waals surface area contributed by atoms with Crippen molar-refractivity contribution in [1.82, 2.24) is 19.7 Å². The molecule has 1 amide bonds. The summed E-state index contributed by atoms with van der Waals surface area (Å²) in [6.45, 7) is 7.19. The molecule has 2 aliphatic heterocycles. The van der Waals surface area contributed by atoms with Gasteiger partial charge in [-0.1, -0.05) is 0 Å². The Morgan fingerprint density at radius 3 is 2.67 bits per heavy atom. The number of Topliss-reactive ketones (excluding diaryl/α,β-unsaturated/α-hetero) is 1. The molecule has 8 nitrogen and oxygen atoms in total. The van der Waals surface area contributed by atoms with Gasteiger partial charge in [-0.3, -0.25) is 19.3 Å². The second-order valence-corrected chi connectivity index (χ2v) is 7.29. The standard InChI is InChI=1S/C19H24N4O4/c1-12-11-23(12)14-10-16(24)17-13(18(14)25)9-15(21(17)2)19(26)20-3-4-22-5-7-27-8-6-22/h9-10,12H,3-8,11H2,1-2H3,(H,20,26). The van der Waals surface area contributed by atoms with Crippen LogP contribution < -0.4 is 5.32 Å². The van der Waals surface area contributed by atoms with E-state index in [1.165, 1.54) is 10.6 Å². The van der Waals surface area contributed by atoms with E-state index in [-0.39, 0.29) is 29.2 Å². The van der Waals surface area contributed by atoms with Gasteiger partial charge in [0.1, 0.15) is 11.4 Å². The zero-order chi connectivity index (χ0) is 19.1. The van der Waals surface area contributed by atoms with E-state index < -0.39 is 0 Å². The maximum absolute atomic E-state index is 12.8.